The van der Waals surface area contributed by atoms with Crippen LogP contribution in [0, 0.1) is 5.92 Å². The van der Waals surface area contributed by atoms with E-state index < -0.39 is 12.0 Å². The van der Waals surface area contributed by atoms with Crippen LogP contribution in [0.2, 0.25) is 0 Å². The number of rotatable bonds is 2. The van der Waals surface area contributed by atoms with Gasteiger partial charge in [0.25, 0.3) is 0 Å². The lowest BCUT2D eigenvalue weighted by molar-refractivity contribution is -0.149. The highest BCUT2D eigenvalue weighted by Gasteiger charge is 2.62. The fraction of sp³-hybridized carbons (Fsp3) is 0.529. The lowest BCUT2D eigenvalue weighted by atomic mass is 9.87. The van der Waals surface area contributed by atoms with Crippen molar-refractivity contribution in [2.24, 2.45) is 5.92 Å². The Morgan fingerprint density at radius 3 is 2.95 bits per heavy atom. The number of aliphatic carboxylic acids is 1. The van der Waals surface area contributed by atoms with Gasteiger partial charge < -0.3 is 14.7 Å². The highest BCUT2D eigenvalue weighted by molar-refractivity contribution is 5.89. The third-order valence-electron chi connectivity index (χ3n) is 5.42. The SMILES string of the molecule is O=C(O)[C@@H]1CCCN1C(=O)C1CC12CCOc1ccccc12. The normalized spacial score (nSPS) is 32.5. The number of para-hydroxylation sites is 1. The monoisotopic (exact) mass is 301 g/mol. The second-order valence-electron chi connectivity index (χ2n) is 6.54. The summed E-state index contributed by atoms with van der Waals surface area (Å²) in [5.41, 5.74) is 0.989. The molecule has 22 heavy (non-hydrogen) atoms. The molecule has 1 N–H and O–H groups in total. The van der Waals surface area contributed by atoms with E-state index in [1.165, 1.54) is 0 Å². The summed E-state index contributed by atoms with van der Waals surface area (Å²) in [6, 6.07) is 7.27. The van der Waals surface area contributed by atoms with Crippen LogP contribution < -0.4 is 4.74 Å². The van der Waals surface area contributed by atoms with E-state index in [0.29, 0.717) is 19.6 Å². The molecule has 3 atom stereocenters. The van der Waals surface area contributed by atoms with Crippen LogP contribution in [-0.2, 0) is 15.0 Å². The average molecular weight is 301 g/mol. The summed E-state index contributed by atoms with van der Waals surface area (Å²) >= 11 is 0. The number of carboxylic acids is 1. The van der Waals surface area contributed by atoms with Crippen LogP contribution in [0.25, 0.3) is 0 Å². The molecule has 1 saturated carbocycles. The minimum atomic E-state index is -0.882. The quantitative estimate of drug-likeness (QED) is 0.904. The molecule has 1 aromatic carbocycles. The number of ether oxygens (including phenoxy) is 1. The molecular formula is C17H19NO4. The maximum absolute atomic E-state index is 12.8. The van der Waals surface area contributed by atoms with Crippen LogP contribution in [0.5, 0.6) is 5.75 Å². The zero-order valence-corrected chi connectivity index (χ0v) is 12.3. The van der Waals surface area contributed by atoms with E-state index in [0.717, 1.165) is 30.6 Å². The number of likely N-dealkylation sites (tertiary alicyclic amines) is 1. The fourth-order valence-electron chi connectivity index (χ4n) is 4.17. The average Bonchev–Trinajstić information content (AvgIpc) is 3.01. The molecule has 4 rings (SSSR count). The van der Waals surface area contributed by atoms with Gasteiger partial charge in [0, 0.05) is 23.4 Å². The Hall–Kier alpha value is -2.04. The molecule has 0 aromatic heterocycles. The molecule has 1 saturated heterocycles. The number of carbonyl (C=O) groups is 2. The molecular weight excluding hydrogens is 282 g/mol. The molecule has 1 spiro atoms. The Labute approximate surface area is 128 Å². The number of carboxylic acid groups (broad SMARTS) is 1. The van der Waals surface area contributed by atoms with Gasteiger partial charge in [-0.15, -0.1) is 0 Å². The zero-order valence-electron chi connectivity index (χ0n) is 12.3. The summed E-state index contributed by atoms with van der Waals surface area (Å²) in [5.74, 6) is -0.0766. The van der Waals surface area contributed by atoms with Crippen molar-refractivity contribution in [3.05, 3.63) is 29.8 Å². The number of amides is 1. The van der Waals surface area contributed by atoms with Crippen molar-refractivity contribution in [1.29, 1.82) is 0 Å². The van der Waals surface area contributed by atoms with Crippen LogP contribution in [0.15, 0.2) is 24.3 Å². The van der Waals surface area contributed by atoms with Crippen molar-refractivity contribution in [2.45, 2.75) is 37.1 Å². The van der Waals surface area contributed by atoms with Crippen LogP contribution in [0.3, 0.4) is 0 Å². The molecule has 1 aliphatic carbocycles. The van der Waals surface area contributed by atoms with E-state index in [1.54, 1.807) is 4.90 Å². The Morgan fingerprint density at radius 2 is 2.14 bits per heavy atom. The minimum Gasteiger partial charge on any atom is -0.493 e. The van der Waals surface area contributed by atoms with Crippen molar-refractivity contribution in [3.8, 4) is 5.75 Å². The lowest BCUT2D eigenvalue weighted by Gasteiger charge is -2.28. The first-order valence-corrected chi connectivity index (χ1v) is 7.89. The Kier molecular flexibility index (Phi) is 2.93. The van der Waals surface area contributed by atoms with Gasteiger partial charge in [0.15, 0.2) is 0 Å². The first kappa shape index (κ1) is 13.6. The summed E-state index contributed by atoms with van der Waals surface area (Å²) in [7, 11) is 0. The number of benzene rings is 1. The van der Waals surface area contributed by atoms with Crippen molar-refractivity contribution in [3.63, 3.8) is 0 Å². The van der Waals surface area contributed by atoms with Gasteiger partial charge in [-0.05, 0) is 31.7 Å². The van der Waals surface area contributed by atoms with Crippen LogP contribution in [-0.4, -0.2) is 41.1 Å². The van der Waals surface area contributed by atoms with E-state index in [9.17, 15) is 14.7 Å². The summed E-state index contributed by atoms with van der Waals surface area (Å²) in [5, 5.41) is 9.28. The summed E-state index contributed by atoms with van der Waals surface area (Å²) in [4.78, 5) is 25.7. The molecule has 2 aliphatic heterocycles. The fourth-order valence-corrected chi connectivity index (χ4v) is 4.17. The van der Waals surface area contributed by atoms with E-state index in [2.05, 4.69) is 0 Å². The predicted octanol–water partition coefficient (Wildman–Crippen LogP) is 1.80. The van der Waals surface area contributed by atoms with E-state index in [4.69, 9.17) is 4.74 Å². The summed E-state index contributed by atoms with van der Waals surface area (Å²) in [6.07, 6.45) is 3.00. The Bertz CT molecular complexity index is 643. The Balaban J connectivity index is 1.60. The highest BCUT2D eigenvalue weighted by atomic mass is 16.5. The molecule has 0 radical (unpaired) electrons. The van der Waals surface area contributed by atoms with Crippen LogP contribution in [0.4, 0.5) is 0 Å². The molecule has 2 unspecified atom stereocenters. The second kappa shape index (κ2) is 4.73. The topological polar surface area (TPSA) is 66.8 Å². The molecule has 2 fully saturated rings. The smallest absolute Gasteiger partial charge is 0.326 e. The summed E-state index contributed by atoms with van der Waals surface area (Å²) in [6.45, 7) is 1.20. The first-order valence-electron chi connectivity index (χ1n) is 7.89. The van der Waals surface area contributed by atoms with Crippen molar-refractivity contribution >= 4 is 11.9 Å². The summed E-state index contributed by atoms with van der Waals surface area (Å²) < 4.78 is 5.69. The molecule has 5 heteroatoms. The first-order chi connectivity index (χ1) is 10.6. The van der Waals surface area contributed by atoms with Gasteiger partial charge in [-0.3, -0.25) is 4.79 Å². The van der Waals surface area contributed by atoms with Gasteiger partial charge in [-0.25, -0.2) is 4.79 Å². The molecule has 116 valence electrons. The number of hydrogen-bond acceptors (Lipinski definition) is 3. The van der Waals surface area contributed by atoms with Gasteiger partial charge in [0.1, 0.15) is 11.8 Å². The van der Waals surface area contributed by atoms with Crippen LogP contribution in [0.1, 0.15) is 31.2 Å². The molecule has 5 nitrogen and oxygen atoms in total. The van der Waals surface area contributed by atoms with Crippen molar-refractivity contribution in [1.82, 2.24) is 4.90 Å². The van der Waals surface area contributed by atoms with Gasteiger partial charge >= 0.3 is 5.97 Å². The van der Waals surface area contributed by atoms with Crippen LogP contribution >= 0.6 is 0 Å². The largest absolute Gasteiger partial charge is 0.493 e. The number of hydrogen-bond donors (Lipinski definition) is 1. The lowest BCUT2D eigenvalue weighted by Crippen LogP contribution is -2.42. The van der Waals surface area contributed by atoms with Gasteiger partial charge in [-0.2, -0.15) is 0 Å². The van der Waals surface area contributed by atoms with Gasteiger partial charge in [0.2, 0.25) is 5.91 Å². The predicted molar refractivity (Wildman–Crippen MR) is 78.7 cm³/mol. The van der Waals surface area contributed by atoms with Gasteiger partial charge in [-0.1, -0.05) is 18.2 Å². The van der Waals surface area contributed by atoms with Gasteiger partial charge in [0.05, 0.1) is 6.61 Å². The zero-order chi connectivity index (χ0) is 15.3. The van der Waals surface area contributed by atoms with Crippen molar-refractivity contribution < 1.29 is 19.4 Å². The highest BCUT2D eigenvalue weighted by Crippen LogP contribution is 2.61. The Morgan fingerprint density at radius 1 is 1.32 bits per heavy atom. The maximum Gasteiger partial charge on any atom is 0.326 e. The molecule has 2 heterocycles. The minimum absolute atomic E-state index is 0.0154. The second-order valence-corrected chi connectivity index (χ2v) is 6.54. The maximum atomic E-state index is 12.8. The molecule has 3 aliphatic rings. The van der Waals surface area contributed by atoms with E-state index in [1.807, 2.05) is 24.3 Å². The third kappa shape index (κ3) is 1.84. The standard InChI is InChI=1S/C17H19NO4/c19-15(18-8-3-5-13(18)16(20)21)12-10-17(12)7-9-22-14-6-2-1-4-11(14)17/h1-2,4,6,12-13H,3,5,7-10H2,(H,20,21)/t12?,13-,17?/m0/s1. The number of fused-ring (bicyclic) bond motifs is 2. The van der Waals surface area contributed by atoms with E-state index in [-0.39, 0.29) is 17.2 Å². The molecule has 1 amide bonds. The number of carbonyl (C=O) groups excluding carboxylic acids is 1. The third-order valence-corrected chi connectivity index (χ3v) is 5.42. The van der Waals surface area contributed by atoms with Crippen molar-refractivity contribution in [2.75, 3.05) is 13.2 Å². The molecule has 0 bridgehead atoms. The van der Waals surface area contributed by atoms with E-state index >= 15 is 0 Å². The molecule has 1 aromatic rings. The number of nitrogens with zero attached hydrogens (tertiary/aromatic N) is 1.